The number of para-hydroxylation sites is 2. The lowest BCUT2D eigenvalue weighted by atomic mass is 10.3. The number of aryl methyl sites for hydroxylation is 1. The van der Waals surface area contributed by atoms with Gasteiger partial charge in [0, 0.05) is 24.1 Å². The normalized spacial score (nSPS) is 10.4. The van der Waals surface area contributed by atoms with Gasteiger partial charge in [-0.05, 0) is 55.5 Å². The van der Waals surface area contributed by atoms with E-state index in [0.717, 1.165) is 5.82 Å². The fraction of sp³-hybridized carbons (Fsp3) is 0.125. The second-order valence-corrected chi connectivity index (χ2v) is 6.82. The third kappa shape index (κ3) is 5.23. The Balaban J connectivity index is 1.36. The number of aromatic nitrogens is 3. The van der Waals surface area contributed by atoms with E-state index in [-0.39, 0.29) is 12.5 Å². The number of carbonyl (C=O) groups excluding carboxylic acids is 1. The van der Waals surface area contributed by atoms with Crippen LogP contribution in [0.4, 0.5) is 5.69 Å². The van der Waals surface area contributed by atoms with Gasteiger partial charge in [-0.3, -0.25) is 4.79 Å². The second-order valence-electron chi connectivity index (χ2n) is 6.82. The van der Waals surface area contributed by atoms with E-state index < -0.39 is 0 Å². The number of methoxy groups -OCH3 is 1. The summed E-state index contributed by atoms with van der Waals surface area (Å²) >= 11 is 0. The molecule has 32 heavy (non-hydrogen) atoms. The predicted octanol–water partition coefficient (Wildman–Crippen LogP) is 4.39. The summed E-state index contributed by atoms with van der Waals surface area (Å²) in [6.07, 6.45) is 3.81. The van der Waals surface area contributed by atoms with E-state index in [4.69, 9.17) is 14.2 Å². The fourth-order valence-corrected chi connectivity index (χ4v) is 3.00. The zero-order chi connectivity index (χ0) is 22.3. The summed E-state index contributed by atoms with van der Waals surface area (Å²) in [5.41, 5.74) is 0.623. The number of benzene rings is 2. The highest BCUT2D eigenvalue weighted by Gasteiger charge is 2.09. The molecule has 0 atom stereocenters. The Morgan fingerprint density at radius 1 is 0.969 bits per heavy atom. The van der Waals surface area contributed by atoms with Crippen molar-refractivity contribution in [2.24, 2.45) is 0 Å². The summed E-state index contributed by atoms with van der Waals surface area (Å²) in [6.45, 7) is 1.67. The lowest BCUT2D eigenvalue weighted by Crippen LogP contribution is -2.20. The molecule has 2 aromatic heterocycles. The number of carbonyl (C=O) groups is 1. The summed E-state index contributed by atoms with van der Waals surface area (Å²) in [7, 11) is 1.55. The van der Waals surface area contributed by atoms with E-state index in [1.165, 1.54) is 0 Å². The summed E-state index contributed by atoms with van der Waals surface area (Å²) in [5, 5.41) is 2.79. The van der Waals surface area contributed by atoms with E-state index in [0.29, 0.717) is 34.6 Å². The standard InChI is InChI=1S/C24H22N4O4/c1-17-25-22(28-13-5-6-14-28)15-24(26-17)32-19-11-9-18(10-12-19)27-23(29)16-31-21-8-4-3-7-20(21)30-2/h3-15H,16H2,1-2H3,(H,27,29). The maximum atomic E-state index is 12.2. The molecule has 8 nitrogen and oxygen atoms in total. The van der Waals surface area contributed by atoms with Crippen molar-refractivity contribution in [2.45, 2.75) is 6.92 Å². The largest absolute Gasteiger partial charge is 0.493 e. The molecule has 1 N–H and O–H groups in total. The number of ether oxygens (including phenoxy) is 3. The SMILES string of the molecule is COc1ccccc1OCC(=O)Nc1ccc(Oc2cc(-n3cccc3)nc(C)n2)cc1. The van der Waals surface area contributed by atoms with Crippen LogP contribution >= 0.6 is 0 Å². The van der Waals surface area contributed by atoms with Crippen molar-refractivity contribution in [2.75, 3.05) is 19.0 Å². The molecule has 8 heteroatoms. The van der Waals surface area contributed by atoms with Gasteiger partial charge in [0.25, 0.3) is 5.91 Å². The van der Waals surface area contributed by atoms with Crippen LogP contribution < -0.4 is 19.5 Å². The van der Waals surface area contributed by atoms with E-state index in [2.05, 4.69) is 15.3 Å². The minimum atomic E-state index is -0.285. The molecule has 0 unspecified atom stereocenters. The minimum absolute atomic E-state index is 0.138. The molecule has 0 aliphatic heterocycles. The summed E-state index contributed by atoms with van der Waals surface area (Å²) in [5.74, 6) is 3.14. The van der Waals surface area contributed by atoms with Crippen LogP contribution in [-0.2, 0) is 4.79 Å². The van der Waals surface area contributed by atoms with Crippen molar-refractivity contribution in [1.29, 1.82) is 0 Å². The first kappa shape index (κ1) is 20.9. The predicted molar refractivity (Wildman–Crippen MR) is 120 cm³/mol. The van der Waals surface area contributed by atoms with Gasteiger partial charge >= 0.3 is 0 Å². The quantitative estimate of drug-likeness (QED) is 0.446. The molecule has 0 radical (unpaired) electrons. The molecule has 2 heterocycles. The van der Waals surface area contributed by atoms with Crippen LogP contribution in [0, 0.1) is 6.92 Å². The van der Waals surface area contributed by atoms with Crippen molar-refractivity contribution in [3.8, 4) is 28.9 Å². The molecule has 0 saturated heterocycles. The molecule has 1 amide bonds. The molecule has 4 aromatic rings. The molecular formula is C24H22N4O4. The second kappa shape index (κ2) is 9.65. The Morgan fingerprint density at radius 2 is 1.69 bits per heavy atom. The van der Waals surface area contributed by atoms with Gasteiger partial charge in [0.2, 0.25) is 5.88 Å². The monoisotopic (exact) mass is 430 g/mol. The average Bonchev–Trinajstić information content (AvgIpc) is 3.34. The number of amides is 1. The van der Waals surface area contributed by atoms with Crippen LogP contribution in [0.3, 0.4) is 0 Å². The average molecular weight is 430 g/mol. The summed E-state index contributed by atoms with van der Waals surface area (Å²) in [6, 6.07) is 19.8. The first-order valence-electron chi connectivity index (χ1n) is 9.93. The third-order valence-corrected chi connectivity index (χ3v) is 4.46. The van der Waals surface area contributed by atoms with E-state index in [1.54, 1.807) is 49.6 Å². The van der Waals surface area contributed by atoms with Gasteiger partial charge in [-0.25, -0.2) is 4.98 Å². The number of anilines is 1. The van der Waals surface area contributed by atoms with Crippen molar-refractivity contribution < 1.29 is 19.0 Å². The van der Waals surface area contributed by atoms with Gasteiger partial charge in [-0.2, -0.15) is 4.98 Å². The van der Waals surface area contributed by atoms with E-state index in [1.807, 2.05) is 48.1 Å². The van der Waals surface area contributed by atoms with E-state index >= 15 is 0 Å². The first-order valence-corrected chi connectivity index (χ1v) is 9.93. The zero-order valence-electron chi connectivity index (χ0n) is 17.7. The van der Waals surface area contributed by atoms with Crippen molar-refractivity contribution in [1.82, 2.24) is 14.5 Å². The molecule has 0 aliphatic carbocycles. The highest BCUT2D eigenvalue weighted by atomic mass is 16.5. The number of hydrogen-bond donors (Lipinski definition) is 1. The third-order valence-electron chi connectivity index (χ3n) is 4.46. The lowest BCUT2D eigenvalue weighted by Gasteiger charge is -2.11. The Bertz CT molecular complexity index is 1190. The summed E-state index contributed by atoms with van der Waals surface area (Å²) < 4.78 is 18.5. The smallest absolute Gasteiger partial charge is 0.262 e. The van der Waals surface area contributed by atoms with Gasteiger partial charge in [0.05, 0.1) is 7.11 Å². The fourth-order valence-electron chi connectivity index (χ4n) is 3.00. The topological polar surface area (TPSA) is 87.5 Å². The lowest BCUT2D eigenvalue weighted by molar-refractivity contribution is -0.118. The summed E-state index contributed by atoms with van der Waals surface area (Å²) in [4.78, 5) is 21.0. The van der Waals surface area contributed by atoms with Crippen molar-refractivity contribution >= 4 is 11.6 Å². The minimum Gasteiger partial charge on any atom is -0.493 e. The maximum absolute atomic E-state index is 12.2. The van der Waals surface area contributed by atoms with Crippen LogP contribution in [0.5, 0.6) is 23.1 Å². The Labute approximate surface area is 185 Å². The number of rotatable bonds is 8. The van der Waals surface area contributed by atoms with Crippen LogP contribution in [0.2, 0.25) is 0 Å². The highest BCUT2D eigenvalue weighted by molar-refractivity contribution is 5.91. The molecule has 0 aliphatic rings. The van der Waals surface area contributed by atoms with Crippen LogP contribution in [-0.4, -0.2) is 34.2 Å². The van der Waals surface area contributed by atoms with Gasteiger partial charge in [0.1, 0.15) is 17.4 Å². The van der Waals surface area contributed by atoms with Crippen LogP contribution in [0.1, 0.15) is 5.82 Å². The van der Waals surface area contributed by atoms with Crippen molar-refractivity contribution in [3.05, 3.63) is 84.9 Å². The number of nitrogens with one attached hydrogen (secondary N) is 1. The molecule has 0 fully saturated rings. The van der Waals surface area contributed by atoms with Crippen LogP contribution in [0.25, 0.3) is 5.82 Å². The highest BCUT2D eigenvalue weighted by Crippen LogP contribution is 2.26. The first-order chi connectivity index (χ1) is 15.6. The number of hydrogen-bond acceptors (Lipinski definition) is 6. The molecule has 2 aromatic carbocycles. The molecule has 0 spiro atoms. The Morgan fingerprint density at radius 3 is 2.41 bits per heavy atom. The molecule has 162 valence electrons. The Kier molecular flexibility index (Phi) is 6.31. The maximum Gasteiger partial charge on any atom is 0.262 e. The number of nitrogens with zero attached hydrogens (tertiary/aromatic N) is 3. The van der Waals surface area contributed by atoms with Gasteiger partial charge in [-0.15, -0.1) is 0 Å². The van der Waals surface area contributed by atoms with Crippen LogP contribution in [0.15, 0.2) is 79.1 Å². The van der Waals surface area contributed by atoms with Crippen molar-refractivity contribution in [3.63, 3.8) is 0 Å². The zero-order valence-corrected chi connectivity index (χ0v) is 17.7. The van der Waals surface area contributed by atoms with Gasteiger partial charge < -0.3 is 24.1 Å². The molecule has 4 rings (SSSR count). The van der Waals surface area contributed by atoms with Gasteiger partial charge in [0.15, 0.2) is 18.1 Å². The Hall–Kier alpha value is -4.33. The molecule has 0 saturated carbocycles. The van der Waals surface area contributed by atoms with E-state index in [9.17, 15) is 4.79 Å². The molecular weight excluding hydrogens is 408 g/mol. The van der Waals surface area contributed by atoms with Gasteiger partial charge in [-0.1, -0.05) is 12.1 Å². The molecule has 0 bridgehead atoms.